The second kappa shape index (κ2) is 8.35. The van der Waals surface area contributed by atoms with E-state index < -0.39 is 0 Å². The van der Waals surface area contributed by atoms with Gasteiger partial charge in [-0.05, 0) is 55.9 Å². The molecule has 0 atom stereocenters. The second-order valence-electron chi connectivity index (χ2n) is 7.53. The fraction of sp³-hybridized carbons (Fsp3) is 1.00. The Hall–Kier alpha value is -0.120. The van der Waals surface area contributed by atoms with E-state index in [4.69, 9.17) is 9.47 Å². The van der Waals surface area contributed by atoms with Crippen LogP contribution in [0.25, 0.3) is 0 Å². The number of nitrogens with one attached hydrogen (secondary N) is 1. The van der Waals surface area contributed by atoms with Gasteiger partial charge in [0.15, 0.2) is 0 Å². The molecule has 1 aliphatic rings. The molecule has 0 spiro atoms. The Morgan fingerprint density at radius 1 is 1.10 bits per heavy atom. The van der Waals surface area contributed by atoms with Crippen LogP contribution in [0.15, 0.2) is 0 Å². The van der Waals surface area contributed by atoms with Crippen molar-refractivity contribution in [2.24, 2.45) is 16.7 Å². The molecule has 0 unspecified atom stereocenters. The molecule has 20 heavy (non-hydrogen) atoms. The van der Waals surface area contributed by atoms with Crippen LogP contribution in [0.4, 0.5) is 0 Å². The summed E-state index contributed by atoms with van der Waals surface area (Å²) in [5, 5.41) is 3.40. The third-order valence-corrected chi connectivity index (χ3v) is 5.03. The minimum atomic E-state index is 0.448. The Bertz CT molecular complexity index is 252. The van der Waals surface area contributed by atoms with Gasteiger partial charge in [-0.1, -0.05) is 20.8 Å². The highest BCUT2D eigenvalue weighted by atomic mass is 16.5. The summed E-state index contributed by atoms with van der Waals surface area (Å²) in [5.41, 5.74) is 0.907. The van der Waals surface area contributed by atoms with E-state index in [-0.39, 0.29) is 0 Å². The van der Waals surface area contributed by atoms with Gasteiger partial charge in [-0.2, -0.15) is 0 Å². The van der Waals surface area contributed by atoms with Crippen LogP contribution in [0.1, 0.15) is 52.9 Å². The first-order chi connectivity index (χ1) is 9.43. The molecule has 1 rings (SSSR count). The van der Waals surface area contributed by atoms with E-state index in [2.05, 4.69) is 33.1 Å². The number of hydrogen-bond donors (Lipinski definition) is 1. The van der Waals surface area contributed by atoms with Gasteiger partial charge in [0.25, 0.3) is 0 Å². The highest BCUT2D eigenvalue weighted by Gasteiger charge is 2.37. The largest absolute Gasteiger partial charge is 0.382 e. The smallest absolute Gasteiger partial charge is 0.0700 e. The number of hydrogen-bond acceptors (Lipinski definition) is 3. The summed E-state index contributed by atoms with van der Waals surface area (Å²) in [7, 11) is 3.79. The number of methoxy groups -OCH3 is 1. The molecule has 1 saturated carbocycles. The Morgan fingerprint density at radius 2 is 1.75 bits per heavy atom. The van der Waals surface area contributed by atoms with Crippen LogP contribution < -0.4 is 5.32 Å². The topological polar surface area (TPSA) is 30.5 Å². The predicted molar refractivity (Wildman–Crippen MR) is 85.1 cm³/mol. The van der Waals surface area contributed by atoms with Gasteiger partial charge in [-0.15, -0.1) is 0 Å². The van der Waals surface area contributed by atoms with Crippen molar-refractivity contribution in [3.8, 4) is 0 Å². The first-order valence-electron chi connectivity index (χ1n) is 8.15. The van der Waals surface area contributed by atoms with Crippen molar-refractivity contribution in [2.75, 3.05) is 40.5 Å². The Morgan fingerprint density at radius 3 is 2.25 bits per heavy atom. The normalized spacial score (nSPS) is 27.8. The van der Waals surface area contributed by atoms with Gasteiger partial charge in [0.05, 0.1) is 13.2 Å². The molecule has 0 heterocycles. The molecule has 1 N–H and O–H groups in total. The van der Waals surface area contributed by atoms with Crippen molar-refractivity contribution in [1.82, 2.24) is 5.32 Å². The van der Waals surface area contributed by atoms with Crippen LogP contribution in [-0.2, 0) is 9.47 Å². The molecular formula is C17H35NO2. The Labute approximate surface area is 125 Å². The molecule has 0 aromatic heterocycles. The van der Waals surface area contributed by atoms with Gasteiger partial charge in [0.2, 0.25) is 0 Å². The molecular weight excluding hydrogens is 250 g/mol. The molecule has 0 amide bonds. The third kappa shape index (κ3) is 5.71. The summed E-state index contributed by atoms with van der Waals surface area (Å²) in [4.78, 5) is 0. The zero-order chi connectivity index (χ0) is 15.1. The summed E-state index contributed by atoms with van der Waals surface area (Å²) in [6.07, 6.45) is 6.58. The molecule has 0 aliphatic heterocycles. The van der Waals surface area contributed by atoms with Crippen LogP contribution in [0.3, 0.4) is 0 Å². The maximum atomic E-state index is 5.69. The molecule has 120 valence electrons. The van der Waals surface area contributed by atoms with Gasteiger partial charge in [0, 0.05) is 20.3 Å². The molecule has 3 nitrogen and oxygen atoms in total. The first-order valence-corrected chi connectivity index (χ1v) is 8.15. The van der Waals surface area contributed by atoms with Gasteiger partial charge >= 0.3 is 0 Å². The lowest BCUT2D eigenvalue weighted by Gasteiger charge is -2.44. The van der Waals surface area contributed by atoms with Gasteiger partial charge in [0.1, 0.15) is 0 Å². The van der Waals surface area contributed by atoms with E-state index in [1.807, 2.05) is 0 Å². The Kier molecular flexibility index (Phi) is 7.49. The van der Waals surface area contributed by atoms with E-state index in [1.54, 1.807) is 7.11 Å². The zero-order valence-electron chi connectivity index (χ0n) is 14.3. The van der Waals surface area contributed by atoms with Crippen molar-refractivity contribution in [3.05, 3.63) is 0 Å². The quantitative estimate of drug-likeness (QED) is 0.693. The average molecular weight is 285 g/mol. The molecule has 1 fully saturated rings. The molecule has 0 aromatic carbocycles. The molecule has 0 saturated heterocycles. The highest BCUT2D eigenvalue weighted by Crippen LogP contribution is 2.46. The summed E-state index contributed by atoms with van der Waals surface area (Å²) >= 11 is 0. The van der Waals surface area contributed by atoms with Crippen molar-refractivity contribution >= 4 is 0 Å². The lowest BCUT2D eigenvalue weighted by molar-refractivity contribution is 0.0264. The van der Waals surface area contributed by atoms with Gasteiger partial charge < -0.3 is 14.8 Å². The molecule has 3 heteroatoms. The average Bonchev–Trinajstić information content (AvgIpc) is 2.38. The van der Waals surface area contributed by atoms with E-state index in [0.717, 1.165) is 25.7 Å². The summed E-state index contributed by atoms with van der Waals surface area (Å²) < 4.78 is 10.7. The number of ether oxygens (including phenoxy) is 2. The molecule has 0 radical (unpaired) electrons. The lowest BCUT2D eigenvalue weighted by Crippen LogP contribution is -2.39. The Balaban J connectivity index is 2.41. The monoisotopic (exact) mass is 285 g/mol. The van der Waals surface area contributed by atoms with Crippen LogP contribution in [0.2, 0.25) is 0 Å². The molecule has 0 aromatic rings. The summed E-state index contributed by atoms with van der Waals surface area (Å²) in [6.45, 7) is 10.6. The summed E-state index contributed by atoms with van der Waals surface area (Å²) in [6, 6.07) is 0. The van der Waals surface area contributed by atoms with Crippen LogP contribution in [0, 0.1) is 16.7 Å². The van der Waals surface area contributed by atoms with Gasteiger partial charge in [-0.3, -0.25) is 0 Å². The standard InChI is InChI=1S/C17H35NO2/c1-16(2,3)15-6-8-17(9-7-15,14-18-4)10-11-20-13-12-19-5/h15,18H,6-14H2,1-5H3. The highest BCUT2D eigenvalue weighted by molar-refractivity contribution is 4.90. The predicted octanol–water partition coefficient (Wildman–Crippen LogP) is 3.48. The first kappa shape index (κ1) is 17.9. The maximum absolute atomic E-state index is 5.69. The van der Waals surface area contributed by atoms with Crippen molar-refractivity contribution < 1.29 is 9.47 Å². The van der Waals surface area contributed by atoms with E-state index in [1.165, 1.54) is 32.1 Å². The third-order valence-electron chi connectivity index (χ3n) is 5.03. The maximum Gasteiger partial charge on any atom is 0.0700 e. The van der Waals surface area contributed by atoms with E-state index in [9.17, 15) is 0 Å². The van der Waals surface area contributed by atoms with Crippen LogP contribution in [-0.4, -0.2) is 40.5 Å². The molecule has 0 bridgehead atoms. The minimum absolute atomic E-state index is 0.448. The molecule has 1 aliphatic carbocycles. The van der Waals surface area contributed by atoms with Crippen molar-refractivity contribution in [3.63, 3.8) is 0 Å². The van der Waals surface area contributed by atoms with E-state index >= 15 is 0 Å². The lowest BCUT2D eigenvalue weighted by atomic mass is 9.63. The second-order valence-corrected chi connectivity index (χ2v) is 7.53. The minimum Gasteiger partial charge on any atom is -0.382 e. The SMILES string of the molecule is CNCC1(CCOCCOC)CCC(C(C)(C)C)CC1. The van der Waals surface area contributed by atoms with Crippen molar-refractivity contribution in [1.29, 1.82) is 0 Å². The fourth-order valence-electron chi connectivity index (χ4n) is 3.52. The van der Waals surface area contributed by atoms with Crippen molar-refractivity contribution in [2.45, 2.75) is 52.9 Å². The zero-order valence-corrected chi connectivity index (χ0v) is 14.3. The van der Waals surface area contributed by atoms with Gasteiger partial charge in [-0.25, -0.2) is 0 Å². The summed E-state index contributed by atoms with van der Waals surface area (Å²) in [5.74, 6) is 0.877. The van der Waals surface area contributed by atoms with Crippen LogP contribution >= 0.6 is 0 Å². The van der Waals surface area contributed by atoms with E-state index in [0.29, 0.717) is 17.4 Å². The number of rotatable bonds is 8. The van der Waals surface area contributed by atoms with Crippen LogP contribution in [0.5, 0.6) is 0 Å². The fourth-order valence-corrected chi connectivity index (χ4v) is 3.52.